The molecule has 2 unspecified atom stereocenters. The fourth-order valence-corrected chi connectivity index (χ4v) is 3.23. The lowest BCUT2D eigenvalue weighted by Crippen LogP contribution is -2.37. The van der Waals surface area contributed by atoms with Gasteiger partial charge in [0, 0.05) is 6.54 Å². The fraction of sp³-hybridized carbons (Fsp3) is 0.938. The van der Waals surface area contributed by atoms with E-state index in [-0.39, 0.29) is 30.5 Å². The zero-order valence-electron chi connectivity index (χ0n) is 13.2. The average Bonchev–Trinajstić information content (AvgIpc) is 2.82. The first kappa shape index (κ1) is 18.7. The van der Waals surface area contributed by atoms with Gasteiger partial charge < -0.3 is 15.4 Å². The van der Waals surface area contributed by atoms with Crippen molar-refractivity contribution < 1.29 is 9.53 Å². The summed E-state index contributed by atoms with van der Waals surface area (Å²) in [7, 11) is 0. The van der Waals surface area contributed by atoms with Crippen LogP contribution < -0.4 is 10.6 Å². The van der Waals surface area contributed by atoms with Crippen molar-refractivity contribution in [1.29, 1.82) is 0 Å². The van der Waals surface area contributed by atoms with E-state index in [1.165, 1.54) is 32.1 Å². The van der Waals surface area contributed by atoms with Crippen LogP contribution >= 0.6 is 12.4 Å². The smallest absolute Gasteiger partial charge is 0.248 e. The highest BCUT2D eigenvalue weighted by atomic mass is 35.5. The third-order valence-corrected chi connectivity index (χ3v) is 4.58. The SMILES string of the molecule is CC(OC1CCCCCC1)C(=O)NCCC1CCNC1.Cl. The van der Waals surface area contributed by atoms with Gasteiger partial charge in [-0.1, -0.05) is 25.7 Å². The number of rotatable bonds is 6. The zero-order valence-corrected chi connectivity index (χ0v) is 14.1. The number of ether oxygens (including phenoxy) is 1. The molecule has 0 spiro atoms. The van der Waals surface area contributed by atoms with Crippen LogP contribution in [-0.2, 0) is 9.53 Å². The van der Waals surface area contributed by atoms with E-state index in [1.54, 1.807) is 0 Å². The van der Waals surface area contributed by atoms with E-state index < -0.39 is 0 Å². The first-order chi connectivity index (χ1) is 9.75. The number of hydrogen-bond acceptors (Lipinski definition) is 3. The summed E-state index contributed by atoms with van der Waals surface area (Å²) in [5.41, 5.74) is 0. The molecule has 0 aromatic heterocycles. The lowest BCUT2D eigenvalue weighted by molar-refractivity contribution is -0.135. The molecule has 21 heavy (non-hydrogen) atoms. The summed E-state index contributed by atoms with van der Waals surface area (Å²) in [4.78, 5) is 12.0. The summed E-state index contributed by atoms with van der Waals surface area (Å²) < 4.78 is 5.93. The number of amides is 1. The second-order valence-corrected chi connectivity index (χ2v) is 6.33. The van der Waals surface area contributed by atoms with Crippen molar-refractivity contribution in [3.05, 3.63) is 0 Å². The lowest BCUT2D eigenvalue weighted by Gasteiger charge is -2.21. The molecule has 2 N–H and O–H groups in total. The molecule has 0 radical (unpaired) electrons. The maximum Gasteiger partial charge on any atom is 0.248 e. The van der Waals surface area contributed by atoms with Crippen molar-refractivity contribution in [1.82, 2.24) is 10.6 Å². The molecule has 1 aliphatic carbocycles. The Morgan fingerprint density at radius 2 is 1.95 bits per heavy atom. The molecule has 0 aromatic carbocycles. The van der Waals surface area contributed by atoms with Gasteiger partial charge in [0.15, 0.2) is 0 Å². The predicted molar refractivity (Wildman–Crippen MR) is 87.9 cm³/mol. The molecule has 1 saturated heterocycles. The maximum absolute atomic E-state index is 12.0. The van der Waals surface area contributed by atoms with Gasteiger partial charge >= 0.3 is 0 Å². The van der Waals surface area contributed by atoms with Gasteiger partial charge in [0.1, 0.15) is 6.10 Å². The minimum Gasteiger partial charge on any atom is -0.365 e. The summed E-state index contributed by atoms with van der Waals surface area (Å²) in [6, 6.07) is 0. The Morgan fingerprint density at radius 1 is 1.24 bits per heavy atom. The van der Waals surface area contributed by atoms with Crippen molar-refractivity contribution in [3.8, 4) is 0 Å². The molecule has 4 nitrogen and oxygen atoms in total. The number of halogens is 1. The Labute approximate surface area is 135 Å². The Kier molecular flexibility index (Phi) is 9.29. The van der Waals surface area contributed by atoms with Crippen molar-refractivity contribution in [3.63, 3.8) is 0 Å². The van der Waals surface area contributed by atoms with Gasteiger partial charge in [-0.15, -0.1) is 12.4 Å². The minimum atomic E-state index is -0.306. The summed E-state index contributed by atoms with van der Waals surface area (Å²) in [5, 5.41) is 6.38. The van der Waals surface area contributed by atoms with Crippen LogP contribution in [0.25, 0.3) is 0 Å². The summed E-state index contributed by atoms with van der Waals surface area (Å²) in [6.45, 7) is 4.89. The van der Waals surface area contributed by atoms with E-state index >= 15 is 0 Å². The van der Waals surface area contributed by atoms with E-state index in [0.29, 0.717) is 0 Å². The molecule has 1 heterocycles. The van der Waals surface area contributed by atoms with Gasteiger partial charge in [0.25, 0.3) is 0 Å². The Balaban J connectivity index is 0.00000220. The van der Waals surface area contributed by atoms with Gasteiger partial charge in [-0.25, -0.2) is 0 Å². The Bertz CT molecular complexity index is 288. The highest BCUT2D eigenvalue weighted by Gasteiger charge is 2.21. The van der Waals surface area contributed by atoms with Crippen molar-refractivity contribution in [2.45, 2.75) is 70.5 Å². The summed E-state index contributed by atoms with van der Waals surface area (Å²) in [6.07, 6.45) is 9.65. The summed E-state index contributed by atoms with van der Waals surface area (Å²) >= 11 is 0. The van der Waals surface area contributed by atoms with Crippen LogP contribution in [0.4, 0.5) is 0 Å². The zero-order chi connectivity index (χ0) is 14.2. The molecule has 2 aliphatic rings. The molecule has 2 rings (SSSR count). The van der Waals surface area contributed by atoms with Gasteiger partial charge in [-0.05, 0) is 51.6 Å². The summed E-state index contributed by atoms with van der Waals surface area (Å²) in [5.74, 6) is 0.786. The van der Waals surface area contributed by atoms with Crippen molar-refractivity contribution in [2.75, 3.05) is 19.6 Å². The monoisotopic (exact) mass is 318 g/mol. The maximum atomic E-state index is 12.0. The molecule has 2 atom stereocenters. The van der Waals surface area contributed by atoms with Crippen molar-refractivity contribution in [2.24, 2.45) is 5.92 Å². The number of carbonyl (C=O) groups is 1. The van der Waals surface area contributed by atoms with Crippen LogP contribution in [0.5, 0.6) is 0 Å². The van der Waals surface area contributed by atoms with Crippen LogP contribution in [0.3, 0.4) is 0 Å². The van der Waals surface area contributed by atoms with Crippen LogP contribution in [0, 0.1) is 5.92 Å². The number of nitrogens with one attached hydrogen (secondary N) is 2. The van der Waals surface area contributed by atoms with Gasteiger partial charge in [0.2, 0.25) is 5.91 Å². The largest absolute Gasteiger partial charge is 0.365 e. The second kappa shape index (κ2) is 10.4. The minimum absolute atomic E-state index is 0. The van der Waals surface area contributed by atoms with Crippen molar-refractivity contribution >= 4 is 18.3 Å². The van der Waals surface area contributed by atoms with Gasteiger partial charge in [-0.3, -0.25) is 4.79 Å². The topological polar surface area (TPSA) is 50.4 Å². The molecule has 1 saturated carbocycles. The first-order valence-electron chi connectivity index (χ1n) is 8.39. The third kappa shape index (κ3) is 6.98. The van der Waals surface area contributed by atoms with E-state index in [4.69, 9.17) is 4.74 Å². The van der Waals surface area contributed by atoms with Crippen LogP contribution in [0.2, 0.25) is 0 Å². The lowest BCUT2D eigenvalue weighted by atomic mass is 10.1. The molecular formula is C16H31ClN2O2. The third-order valence-electron chi connectivity index (χ3n) is 4.58. The van der Waals surface area contributed by atoms with Gasteiger partial charge in [0.05, 0.1) is 6.10 Å². The van der Waals surface area contributed by atoms with Crippen LogP contribution in [0.1, 0.15) is 58.3 Å². The van der Waals surface area contributed by atoms with E-state index in [0.717, 1.165) is 44.8 Å². The normalized spacial score (nSPS) is 24.9. The predicted octanol–water partition coefficient (Wildman–Crippen LogP) is 2.65. The molecule has 0 aromatic rings. The molecule has 124 valence electrons. The average molecular weight is 319 g/mol. The molecule has 5 heteroatoms. The molecular weight excluding hydrogens is 288 g/mol. The molecule has 0 bridgehead atoms. The highest BCUT2D eigenvalue weighted by molar-refractivity contribution is 5.85. The quantitative estimate of drug-likeness (QED) is 0.740. The van der Waals surface area contributed by atoms with E-state index in [9.17, 15) is 4.79 Å². The number of carbonyl (C=O) groups excluding carboxylic acids is 1. The van der Waals surface area contributed by atoms with E-state index in [1.807, 2.05) is 6.92 Å². The second-order valence-electron chi connectivity index (χ2n) is 6.33. The Hall–Kier alpha value is -0.320. The molecule has 1 amide bonds. The fourth-order valence-electron chi connectivity index (χ4n) is 3.23. The van der Waals surface area contributed by atoms with E-state index in [2.05, 4.69) is 10.6 Å². The molecule has 2 fully saturated rings. The first-order valence-corrected chi connectivity index (χ1v) is 8.39. The standard InChI is InChI=1S/C16H30N2O2.ClH/c1-13(20-15-6-4-2-3-5-7-15)16(19)18-11-9-14-8-10-17-12-14;/h13-15,17H,2-12H2,1H3,(H,18,19);1H. The van der Waals surface area contributed by atoms with Crippen LogP contribution in [0.15, 0.2) is 0 Å². The van der Waals surface area contributed by atoms with Crippen LogP contribution in [-0.4, -0.2) is 37.7 Å². The Morgan fingerprint density at radius 3 is 2.57 bits per heavy atom. The molecule has 1 aliphatic heterocycles. The highest BCUT2D eigenvalue weighted by Crippen LogP contribution is 2.21. The van der Waals surface area contributed by atoms with Gasteiger partial charge in [-0.2, -0.15) is 0 Å². The number of hydrogen-bond donors (Lipinski definition) is 2.